The molecule has 1 saturated heterocycles. The number of aliphatic hydroxyl groups is 1. The van der Waals surface area contributed by atoms with E-state index >= 15 is 0 Å². The van der Waals surface area contributed by atoms with E-state index in [1.807, 2.05) is 6.92 Å². The standard InChI is InChI=1S/C12H26N2O3S/c1-4-5-9-13(3)18(16,17)14-10-6-7-12(2,15)8-11-14/h15H,4-11H2,1-3H3. The van der Waals surface area contributed by atoms with Crippen molar-refractivity contribution in [1.82, 2.24) is 8.61 Å². The van der Waals surface area contributed by atoms with Crippen molar-refractivity contribution >= 4 is 10.2 Å². The second kappa shape index (κ2) is 6.32. The van der Waals surface area contributed by atoms with E-state index in [1.165, 1.54) is 8.61 Å². The molecule has 0 aliphatic carbocycles. The van der Waals surface area contributed by atoms with E-state index in [4.69, 9.17) is 0 Å². The highest BCUT2D eigenvalue weighted by Gasteiger charge is 2.32. The Kier molecular flexibility index (Phi) is 5.58. The third-order valence-electron chi connectivity index (χ3n) is 3.57. The van der Waals surface area contributed by atoms with Gasteiger partial charge in [-0.1, -0.05) is 13.3 Å². The zero-order valence-corrected chi connectivity index (χ0v) is 12.5. The van der Waals surface area contributed by atoms with Gasteiger partial charge in [-0.3, -0.25) is 0 Å². The van der Waals surface area contributed by atoms with Gasteiger partial charge in [0, 0.05) is 26.7 Å². The number of hydrogen-bond acceptors (Lipinski definition) is 3. The summed E-state index contributed by atoms with van der Waals surface area (Å²) < 4.78 is 27.6. The number of rotatable bonds is 5. The van der Waals surface area contributed by atoms with Crippen LogP contribution in [-0.4, -0.2) is 54.4 Å². The van der Waals surface area contributed by atoms with Crippen LogP contribution in [0.1, 0.15) is 46.0 Å². The molecule has 108 valence electrons. The summed E-state index contributed by atoms with van der Waals surface area (Å²) in [5.41, 5.74) is -0.730. The smallest absolute Gasteiger partial charge is 0.281 e. The normalized spacial score (nSPS) is 27.4. The maximum absolute atomic E-state index is 12.3. The summed E-state index contributed by atoms with van der Waals surface area (Å²) in [5.74, 6) is 0. The maximum Gasteiger partial charge on any atom is 0.281 e. The first-order valence-corrected chi connectivity index (χ1v) is 8.13. The highest BCUT2D eigenvalue weighted by atomic mass is 32.2. The SMILES string of the molecule is CCCCN(C)S(=O)(=O)N1CCCC(C)(O)CC1. The summed E-state index contributed by atoms with van der Waals surface area (Å²) in [4.78, 5) is 0. The van der Waals surface area contributed by atoms with Crippen LogP contribution in [0.25, 0.3) is 0 Å². The van der Waals surface area contributed by atoms with Gasteiger partial charge >= 0.3 is 0 Å². The second-order valence-electron chi connectivity index (χ2n) is 5.43. The van der Waals surface area contributed by atoms with Gasteiger partial charge in [0.25, 0.3) is 10.2 Å². The molecular formula is C12H26N2O3S. The van der Waals surface area contributed by atoms with E-state index < -0.39 is 15.8 Å². The Morgan fingerprint density at radius 2 is 2.00 bits per heavy atom. The average molecular weight is 278 g/mol. The van der Waals surface area contributed by atoms with Crippen molar-refractivity contribution in [3.8, 4) is 0 Å². The van der Waals surface area contributed by atoms with Crippen molar-refractivity contribution in [1.29, 1.82) is 0 Å². The number of nitrogens with zero attached hydrogens (tertiary/aromatic N) is 2. The molecule has 0 radical (unpaired) electrons. The molecule has 0 aromatic carbocycles. The van der Waals surface area contributed by atoms with Gasteiger partial charge in [-0.2, -0.15) is 17.0 Å². The van der Waals surface area contributed by atoms with Crippen molar-refractivity contribution in [3.63, 3.8) is 0 Å². The Morgan fingerprint density at radius 1 is 1.33 bits per heavy atom. The molecule has 0 amide bonds. The van der Waals surface area contributed by atoms with E-state index in [0.717, 1.165) is 12.8 Å². The predicted molar refractivity (Wildman–Crippen MR) is 72.5 cm³/mol. The summed E-state index contributed by atoms with van der Waals surface area (Å²) in [7, 11) is -1.72. The molecule has 1 aliphatic rings. The van der Waals surface area contributed by atoms with Crippen LogP contribution in [0.5, 0.6) is 0 Å². The molecule has 1 heterocycles. The lowest BCUT2D eigenvalue weighted by molar-refractivity contribution is 0.0464. The molecule has 1 N–H and O–H groups in total. The number of unbranched alkanes of at least 4 members (excludes halogenated alkanes) is 1. The summed E-state index contributed by atoms with van der Waals surface area (Å²) in [6.07, 6.45) is 3.75. The second-order valence-corrected chi connectivity index (χ2v) is 7.47. The van der Waals surface area contributed by atoms with Gasteiger partial charge in [-0.25, -0.2) is 0 Å². The van der Waals surface area contributed by atoms with E-state index in [-0.39, 0.29) is 0 Å². The third kappa shape index (κ3) is 4.19. The van der Waals surface area contributed by atoms with Crippen LogP contribution in [0.3, 0.4) is 0 Å². The first kappa shape index (κ1) is 15.9. The summed E-state index contributed by atoms with van der Waals surface area (Å²) in [6.45, 7) is 5.31. The monoisotopic (exact) mass is 278 g/mol. The first-order chi connectivity index (χ1) is 8.29. The lowest BCUT2D eigenvalue weighted by Gasteiger charge is -2.26. The molecule has 0 spiro atoms. The quantitative estimate of drug-likeness (QED) is 0.822. The van der Waals surface area contributed by atoms with Crippen LogP contribution in [0.15, 0.2) is 0 Å². The summed E-state index contributed by atoms with van der Waals surface area (Å²) in [5, 5.41) is 9.98. The van der Waals surface area contributed by atoms with E-state index in [2.05, 4.69) is 0 Å². The molecule has 0 bridgehead atoms. The van der Waals surface area contributed by atoms with Gasteiger partial charge in [-0.05, 0) is 32.6 Å². The lowest BCUT2D eigenvalue weighted by atomic mass is 9.98. The van der Waals surface area contributed by atoms with Gasteiger partial charge in [0.2, 0.25) is 0 Å². The van der Waals surface area contributed by atoms with Gasteiger partial charge in [0.1, 0.15) is 0 Å². The van der Waals surface area contributed by atoms with Gasteiger partial charge in [0.15, 0.2) is 0 Å². The van der Waals surface area contributed by atoms with E-state index in [1.54, 1.807) is 14.0 Å². The Labute approximate surface area is 111 Å². The highest BCUT2D eigenvalue weighted by Crippen LogP contribution is 2.23. The molecule has 0 aromatic rings. The molecule has 5 nitrogen and oxygen atoms in total. The Bertz CT molecular complexity index is 354. The first-order valence-electron chi connectivity index (χ1n) is 6.73. The van der Waals surface area contributed by atoms with Crippen molar-refractivity contribution in [2.24, 2.45) is 0 Å². The molecule has 1 rings (SSSR count). The Hall–Kier alpha value is -0.170. The fourth-order valence-corrected chi connectivity index (χ4v) is 3.60. The molecule has 1 aliphatic heterocycles. The Balaban J connectivity index is 2.67. The van der Waals surface area contributed by atoms with E-state index in [9.17, 15) is 13.5 Å². The summed E-state index contributed by atoms with van der Waals surface area (Å²) >= 11 is 0. The van der Waals surface area contributed by atoms with Crippen LogP contribution in [0.2, 0.25) is 0 Å². The molecular weight excluding hydrogens is 252 g/mol. The van der Waals surface area contributed by atoms with Crippen LogP contribution in [0, 0.1) is 0 Å². The molecule has 18 heavy (non-hydrogen) atoms. The van der Waals surface area contributed by atoms with Gasteiger partial charge in [-0.15, -0.1) is 0 Å². The molecule has 1 unspecified atom stereocenters. The van der Waals surface area contributed by atoms with Gasteiger partial charge in [0.05, 0.1) is 5.60 Å². The van der Waals surface area contributed by atoms with Crippen molar-refractivity contribution in [2.75, 3.05) is 26.7 Å². The lowest BCUT2D eigenvalue weighted by Crippen LogP contribution is -2.43. The van der Waals surface area contributed by atoms with Crippen LogP contribution in [0.4, 0.5) is 0 Å². The minimum absolute atomic E-state index is 0.409. The fraction of sp³-hybridized carbons (Fsp3) is 1.00. The topological polar surface area (TPSA) is 60.9 Å². The Morgan fingerprint density at radius 3 is 2.61 bits per heavy atom. The van der Waals surface area contributed by atoms with Crippen LogP contribution < -0.4 is 0 Å². The van der Waals surface area contributed by atoms with Gasteiger partial charge < -0.3 is 5.11 Å². The minimum Gasteiger partial charge on any atom is -0.390 e. The largest absolute Gasteiger partial charge is 0.390 e. The van der Waals surface area contributed by atoms with Crippen LogP contribution >= 0.6 is 0 Å². The number of hydrogen-bond donors (Lipinski definition) is 1. The van der Waals surface area contributed by atoms with Crippen molar-refractivity contribution in [3.05, 3.63) is 0 Å². The predicted octanol–water partition coefficient (Wildman–Crippen LogP) is 1.20. The molecule has 6 heteroatoms. The minimum atomic E-state index is -3.35. The zero-order chi connectivity index (χ0) is 13.8. The maximum atomic E-state index is 12.3. The molecule has 0 aromatic heterocycles. The van der Waals surface area contributed by atoms with E-state index in [0.29, 0.717) is 38.9 Å². The average Bonchev–Trinajstić information content (AvgIpc) is 2.47. The summed E-state index contributed by atoms with van der Waals surface area (Å²) in [6, 6.07) is 0. The van der Waals surface area contributed by atoms with Crippen molar-refractivity contribution in [2.45, 2.75) is 51.6 Å². The fourth-order valence-electron chi connectivity index (χ4n) is 2.16. The van der Waals surface area contributed by atoms with Crippen LogP contribution in [-0.2, 0) is 10.2 Å². The molecule has 1 atom stereocenters. The molecule has 0 saturated carbocycles. The van der Waals surface area contributed by atoms with Crippen molar-refractivity contribution < 1.29 is 13.5 Å². The highest BCUT2D eigenvalue weighted by molar-refractivity contribution is 7.86. The molecule has 1 fully saturated rings. The zero-order valence-electron chi connectivity index (χ0n) is 11.7. The third-order valence-corrected chi connectivity index (χ3v) is 5.56.